The van der Waals surface area contributed by atoms with Crippen LogP contribution in [0.3, 0.4) is 0 Å². The van der Waals surface area contributed by atoms with Gasteiger partial charge >= 0.3 is 0 Å². The Kier molecular flexibility index (Phi) is 11.4. The number of amides is 1. The van der Waals surface area contributed by atoms with Crippen LogP contribution in [0.2, 0.25) is 0 Å². The number of nitrogens with one attached hydrogen (secondary N) is 1. The molecule has 3 N–H and O–H groups in total. The third-order valence-corrected chi connectivity index (χ3v) is 4.66. The van der Waals surface area contributed by atoms with Crippen molar-refractivity contribution in [2.75, 3.05) is 13.2 Å². The minimum atomic E-state index is 0.00457. The molecule has 0 heterocycles. The number of unbranched alkanes of at least 4 members (excludes halogenated alkanes) is 2. The maximum Gasteiger partial charge on any atom is 0.243 e. The summed E-state index contributed by atoms with van der Waals surface area (Å²) in [5, 5.41) is 0. The van der Waals surface area contributed by atoms with Crippen molar-refractivity contribution in [3.8, 4) is 0 Å². The molecule has 1 aliphatic rings. The second kappa shape index (κ2) is 12.9. The van der Waals surface area contributed by atoms with Gasteiger partial charge < -0.3 is 5.73 Å². The van der Waals surface area contributed by atoms with Crippen molar-refractivity contribution < 1.29 is 9.63 Å². The fourth-order valence-electron chi connectivity index (χ4n) is 3.31. The molecule has 1 amide bonds. The smallest absolute Gasteiger partial charge is 0.243 e. The van der Waals surface area contributed by atoms with Crippen LogP contribution in [-0.2, 0) is 9.63 Å². The van der Waals surface area contributed by atoms with E-state index in [1.807, 2.05) is 0 Å². The summed E-state index contributed by atoms with van der Waals surface area (Å²) in [5.74, 6) is 1.37. The largest absolute Gasteiger partial charge is 0.330 e. The summed E-state index contributed by atoms with van der Waals surface area (Å²) < 4.78 is 0. The van der Waals surface area contributed by atoms with Gasteiger partial charge in [-0.2, -0.15) is 0 Å². The molecule has 0 spiro atoms. The molecule has 22 heavy (non-hydrogen) atoms. The maximum atomic E-state index is 11.7. The SMILES string of the molecule is C[C@@H]1CCCCCCCC(CONC(=O)CCCCCN)C1. The number of nitrogens with two attached hydrogens (primary N) is 1. The number of rotatable bonds is 8. The lowest BCUT2D eigenvalue weighted by Gasteiger charge is -2.22. The highest BCUT2D eigenvalue weighted by Crippen LogP contribution is 2.25. The Bertz CT molecular complexity index is 284. The van der Waals surface area contributed by atoms with Crippen molar-refractivity contribution in [3.63, 3.8) is 0 Å². The summed E-state index contributed by atoms with van der Waals surface area (Å²) in [7, 11) is 0. The van der Waals surface area contributed by atoms with Gasteiger partial charge in [-0.25, -0.2) is 5.48 Å². The number of carbonyl (C=O) groups is 1. The number of carbonyl (C=O) groups excluding carboxylic acids is 1. The summed E-state index contributed by atoms with van der Waals surface area (Å²) in [6, 6.07) is 0. The molecule has 130 valence electrons. The van der Waals surface area contributed by atoms with Crippen LogP contribution in [-0.4, -0.2) is 19.1 Å². The Morgan fingerprint density at radius 1 is 1.09 bits per heavy atom. The molecule has 1 aliphatic carbocycles. The Hall–Kier alpha value is -0.610. The van der Waals surface area contributed by atoms with E-state index in [-0.39, 0.29) is 5.91 Å². The predicted molar refractivity (Wildman–Crippen MR) is 91.2 cm³/mol. The highest BCUT2D eigenvalue weighted by Gasteiger charge is 2.15. The molecule has 1 rings (SSSR count). The molecule has 0 aliphatic heterocycles. The lowest BCUT2D eigenvalue weighted by molar-refractivity contribution is -0.135. The van der Waals surface area contributed by atoms with E-state index in [1.165, 1.54) is 51.4 Å². The van der Waals surface area contributed by atoms with Crippen LogP contribution in [0.25, 0.3) is 0 Å². The summed E-state index contributed by atoms with van der Waals surface area (Å²) >= 11 is 0. The first-order valence-corrected chi connectivity index (χ1v) is 9.33. The lowest BCUT2D eigenvalue weighted by atomic mass is 9.87. The molecule has 0 radical (unpaired) electrons. The van der Waals surface area contributed by atoms with Gasteiger partial charge in [0.15, 0.2) is 0 Å². The molecule has 1 unspecified atom stereocenters. The van der Waals surface area contributed by atoms with Crippen molar-refractivity contribution in [3.05, 3.63) is 0 Å². The third-order valence-electron chi connectivity index (χ3n) is 4.66. The topological polar surface area (TPSA) is 64.3 Å². The average molecular weight is 312 g/mol. The van der Waals surface area contributed by atoms with Crippen LogP contribution in [0.4, 0.5) is 0 Å². The van der Waals surface area contributed by atoms with Crippen molar-refractivity contribution >= 4 is 5.91 Å². The monoisotopic (exact) mass is 312 g/mol. The molecule has 0 saturated heterocycles. The maximum absolute atomic E-state index is 11.7. The van der Waals surface area contributed by atoms with Gasteiger partial charge in [0.05, 0.1) is 6.61 Å². The second-order valence-corrected chi connectivity index (χ2v) is 6.99. The Labute approximate surface area is 136 Å². The van der Waals surface area contributed by atoms with Crippen molar-refractivity contribution in [1.29, 1.82) is 0 Å². The highest BCUT2D eigenvalue weighted by molar-refractivity contribution is 5.74. The van der Waals surface area contributed by atoms with E-state index in [0.29, 0.717) is 25.5 Å². The summed E-state index contributed by atoms with van der Waals surface area (Å²) in [6.07, 6.45) is 14.0. The minimum absolute atomic E-state index is 0.00457. The van der Waals surface area contributed by atoms with E-state index in [4.69, 9.17) is 10.6 Å². The Balaban J connectivity index is 2.15. The van der Waals surface area contributed by atoms with Crippen LogP contribution in [0.15, 0.2) is 0 Å². The summed E-state index contributed by atoms with van der Waals surface area (Å²) in [5.41, 5.74) is 8.05. The van der Waals surface area contributed by atoms with Crippen molar-refractivity contribution in [1.82, 2.24) is 5.48 Å². The first-order valence-electron chi connectivity index (χ1n) is 9.33. The molecule has 0 aromatic rings. The third kappa shape index (κ3) is 10.2. The molecule has 4 heteroatoms. The summed E-state index contributed by atoms with van der Waals surface area (Å²) in [4.78, 5) is 17.2. The second-order valence-electron chi connectivity index (χ2n) is 6.99. The van der Waals surface area contributed by atoms with E-state index in [1.54, 1.807) is 0 Å². The van der Waals surface area contributed by atoms with Gasteiger partial charge in [0, 0.05) is 6.42 Å². The zero-order valence-electron chi connectivity index (χ0n) is 14.4. The van der Waals surface area contributed by atoms with Gasteiger partial charge in [-0.05, 0) is 44.1 Å². The predicted octanol–water partition coefficient (Wildman–Crippen LogP) is 3.94. The molecule has 1 fully saturated rings. The van der Waals surface area contributed by atoms with Gasteiger partial charge in [0.25, 0.3) is 0 Å². The number of hydrogen-bond acceptors (Lipinski definition) is 3. The van der Waals surface area contributed by atoms with Crippen molar-refractivity contribution in [2.45, 2.75) is 84.0 Å². The van der Waals surface area contributed by atoms with Gasteiger partial charge in [0.2, 0.25) is 5.91 Å². The standard InChI is InChI=1S/C18H36N2O2/c1-16-10-6-3-2-4-7-11-17(14-16)15-22-20-18(21)12-8-5-9-13-19/h16-17H,2-15,19H2,1H3,(H,20,21)/t16-,17?/m1/s1. The highest BCUT2D eigenvalue weighted by atomic mass is 16.6. The molecule has 2 atom stereocenters. The normalized spacial score (nSPS) is 23.9. The first-order chi connectivity index (χ1) is 10.7. The molecule has 1 saturated carbocycles. The molecule has 4 nitrogen and oxygen atoms in total. The van der Waals surface area contributed by atoms with Gasteiger partial charge in [-0.3, -0.25) is 9.63 Å². The minimum Gasteiger partial charge on any atom is -0.330 e. The van der Waals surface area contributed by atoms with Crippen LogP contribution in [0.5, 0.6) is 0 Å². The Morgan fingerprint density at radius 3 is 2.59 bits per heavy atom. The first kappa shape index (κ1) is 19.4. The van der Waals surface area contributed by atoms with Gasteiger partial charge in [-0.1, -0.05) is 51.9 Å². The van der Waals surface area contributed by atoms with Gasteiger partial charge in [-0.15, -0.1) is 0 Å². The molecule has 0 aromatic heterocycles. The quantitative estimate of drug-likeness (QED) is 0.527. The van der Waals surface area contributed by atoms with Crippen LogP contribution in [0.1, 0.15) is 84.0 Å². The molecular formula is C18H36N2O2. The van der Waals surface area contributed by atoms with Crippen molar-refractivity contribution in [2.24, 2.45) is 17.6 Å². The molecule has 0 bridgehead atoms. The van der Waals surface area contributed by atoms with E-state index in [9.17, 15) is 4.79 Å². The van der Waals surface area contributed by atoms with Crippen LogP contribution in [0, 0.1) is 11.8 Å². The number of hydrogen-bond donors (Lipinski definition) is 2. The molecular weight excluding hydrogens is 276 g/mol. The zero-order valence-corrected chi connectivity index (χ0v) is 14.4. The zero-order chi connectivity index (χ0) is 16.0. The summed E-state index contributed by atoms with van der Waals surface area (Å²) in [6.45, 7) is 3.72. The molecule has 0 aromatic carbocycles. The Morgan fingerprint density at radius 2 is 1.82 bits per heavy atom. The van der Waals surface area contributed by atoms with Gasteiger partial charge in [0.1, 0.15) is 0 Å². The lowest BCUT2D eigenvalue weighted by Crippen LogP contribution is -2.27. The van der Waals surface area contributed by atoms with Crippen LogP contribution >= 0.6 is 0 Å². The van der Waals surface area contributed by atoms with E-state index in [2.05, 4.69) is 12.4 Å². The van der Waals surface area contributed by atoms with E-state index in [0.717, 1.165) is 25.2 Å². The van der Waals surface area contributed by atoms with E-state index < -0.39 is 0 Å². The number of hydroxylamine groups is 1. The fourth-order valence-corrected chi connectivity index (χ4v) is 3.31. The average Bonchev–Trinajstić information content (AvgIpc) is 2.50. The van der Waals surface area contributed by atoms with Crippen LogP contribution < -0.4 is 11.2 Å². The fraction of sp³-hybridized carbons (Fsp3) is 0.944. The van der Waals surface area contributed by atoms with E-state index >= 15 is 0 Å².